The van der Waals surface area contributed by atoms with Gasteiger partial charge in [-0.1, -0.05) is 0 Å². The van der Waals surface area contributed by atoms with Gasteiger partial charge in [0.2, 0.25) is 22.0 Å². The lowest BCUT2D eigenvalue weighted by atomic mass is 10.3. The zero-order chi connectivity index (χ0) is 24.7. The number of hydrogen-bond donors (Lipinski definition) is 0. The number of carbonyl (C=O) groups excluding carboxylic acids is 2. The topological polar surface area (TPSA) is 111 Å². The van der Waals surface area contributed by atoms with Crippen molar-refractivity contribution in [1.29, 1.82) is 0 Å². The Morgan fingerprint density at radius 3 is 1.06 bits per heavy atom. The first-order valence-electron chi connectivity index (χ1n) is 10.1. The SMILES string of the molecule is O=C=Nc1ccc(Oc2ccc(S(=O)(=O)c3ccc(Oc4ccc(N=C=O)cc4)cc3)cc2)cc1. The van der Waals surface area contributed by atoms with E-state index in [2.05, 4.69) is 9.98 Å². The molecule has 0 fully saturated rings. The highest BCUT2D eigenvalue weighted by atomic mass is 32.2. The van der Waals surface area contributed by atoms with Gasteiger partial charge in [-0.2, -0.15) is 9.98 Å². The molecular weight excluding hydrogens is 468 g/mol. The van der Waals surface area contributed by atoms with E-state index in [-0.39, 0.29) is 9.79 Å². The number of benzene rings is 4. The summed E-state index contributed by atoms with van der Waals surface area (Å²) < 4.78 is 37.4. The predicted octanol–water partition coefficient (Wildman–Crippen LogP) is 6.04. The molecule has 0 aliphatic rings. The van der Waals surface area contributed by atoms with Crippen LogP contribution in [0.15, 0.2) is 117 Å². The van der Waals surface area contributed by atoms with Crippen molar-refractivity contribution in [1.82, 2.24) is 0 Å². The summed E-state index contributed by atoms with van der Waals surface area (Å²) in [5.74, 6) is 1.91. The molecule has 0 aromatic heterocycles. The highest BCUT2D eigenvalue weighted by Gasteiger charge is 2.18. The van der Waals surface area contributed by atoms with Crippen LogP contribution in [0.4, 0.5) is 11.4 Å². The lowest BCUT2D eigenvalue weighted by molar-refractivity contribution is 0.482. The van der Waals surface area contributed by atoms with E-state index in [1.807, 2.05) is 0 Å². The van der Waals surface area contributed by atoms with Crippen molar-refractivity contribution >= 4 is 33.4 Å². The van der Waals surface area contributed by atoms with E-state index in [0.717, 1.165) is 0 Å². The van der Waals surface area contributed by atoms with E-state index in [0.29, 0.717) is 34.4 Å². The molecule has 35 heavy (non-hydrogen) atoms. The Morgan fingerprint density at radius 2 is 0.771 bits per heavy atom. The zero-order valence-electron chi connectivity index (χ0n) is 18.0. The van der Waals surface area contributed by atoms with Gasteiger partial charge in [-0.3, -0.25) is 0 Å². The minimum absolute atomic E-state index is 0.112. The van der Waals surface area contributed by atoms with Crippen molar-refractivity contribution in [2.45, 2.75) is 9.79 Å². The van der Waals surface area contributed by atoms with Gasteiger partial charge in [-0.25, -0.2) is 18.0 Å². The Hall–Kier alpha value is -4.81. The number of sulfone groups is 1. The summed E-state index contributed by atoms with van der Waals surface area (Å²) in [7, 11) is -3.75. The Labute approximate surface area is 200 Å². The van der Waals surface area contributed by atoms with Crippen molar-refractivity contribution < 1.29 is 27.5 Å². The van der Waals surface area contributed by atoms with Gasteiger partial charge in [-0.05, 0) is 97.1 Å². The second-order valence-electron chi connectivity index (χ2n) is 7.04. The Bertz CT molecular complexity index is 1400. The van der Waals surface area contributed by atoms with Gasteiger partial charge in [0.1, 0.15) is 23.0 Å². The average molecular weight is 484 g/mol. The zero-order valence-corrected chi connectivity index (χ0v) is 18.8. The first kappa shape index (κ1) is 23.4. The molecule has 0 atom stereocenters. The Balaban J connectivity index is 1.44. The number of isocyanates is 2. The maximum atomic E-state index is 13.0. The van der Waals surface area contributed by atoms with Crippen LogP contribution in [0.5, 0.6) is 23.0 Å². The van der Waals surface area contributed by atoms with Gasteiger partial charge in [0.25, 0.3) is 0 Å². The van der Waals surface area contributed by atoms with E-state index in [4.69, 9.17) is 9.47 Å². The molecule has 0 unspecified atom stereocenters. The second kappa shape index (κ2) is 10.4. The van der Waals surface area contributed by atoms with Crippen LogP contribution in [-0.4, -0.2) is 20.6 Å². The standard InChI is InChI=1S/C26H16N2O6S/c29-17-27-19-1-5-21(6-2-19)33-23-9-13-25(14-10-23)35(31,32)26-15-11-24(12-16-26)34-22-7-3-20(4-8-22)28-18-30/h1-16H. The molecule has 8 nitrogen and oxygen atoms in total. The fraction of sp³-hybridized carbons (Fsp3) is 0. The van der Waals surface area contributed by atoms with Gasteiger partial charge in [0.15, 0.2) is 0 Å². The van der Waals surface area contributed by atoms with Gasteiger partial charge >= 0.3 is 0 Å². The Kier molecular flexibility index (Phi) is 6.95. The van der Waals surface area contributed by atoms with Crippen molar-refractivity contribution in [2.75, 3.05) is 0 Å². The lowest BCUT2D eigenvalue weighted by Gasteiger charge is -2.09. The van der Waals surface area contributed by atoms with Crippen LogP contribution < -0.4 is 9.47 Å². The summed E-state index contributed by atoms with van der Waals surface area (Å²) in [6.45, 7) is 0. The van der Waals surface area contributed by atoms with Crippen LogP contribution in [0.3, 0.4) is 0 Å². The third-order valence-electron chi connectivity index (χ3n) is 4.76. The molecule has 0 saturated heterocycles. The first-order valence-corrected chi connectivity index (χ1v) is 11.6. The van der Waals surface area contributed by atoms with Gasteiger partial charge in [0.05, 0.1) is 21.2 Å². The highest BCUT2D eigenvalue weighted by Crippen LogP contribution is 2.29. The molecule has 4 rings (SSSR count). The van der Waals surface area contributed by atoms with E-state index in [1.54, 1.807) is 72.8 Å². The molecule has 0 bridgehead atoms. The summed E-state index contributed by atoms with van der Waals surface area (Å²) in [6, 6.07) is 25.0. The molecular formula is C26H16N2O6S. The summed E-state index contributed by atoms with van der Waals surface area (Å²) >= 11 is 0. The van der Waals surface area contributed by atoms with Crippen LogP contribution >= 0.6 is 0 Å². The van der Waals surface area contributed by atoms with Crippen molar-refractivity contribution in [3.63, 3.8) is 0 Å². The number of nitrogens with zero attached hydrogens (tertiary/aromatic N) is 2. The Morgan fingerprint density at radius 1 is 0.486 bits per heavy atom. The van der Waals surface area contributed by atoms with E-state index in [9.17, 15) is 18.0 Å². The molecule has 9 heteroatoms. The van der Waals surface area contributed by atoms with Crippen molar-refractivity contribution in [2.24, 2.45) is 9.98 Å². The second-order valence-corrected chi connectivity index (χ2v) is 8.99. The first-order chi connectivity index (χ1) is 17.0. The molecule has 0 radical (unpaired) electrons. The van der Waals surface area contributed by atoms with Gasteiger partial charge in [-0.15, -0.1) is 0 Å². The third-order valence-corrected chi connectivity index (χ3v) is 6.55. The van der Waals surface area contributed by atoms with Crippen LogP contribution in [0.1, 0.15) is 0 Å². The fourth-order valence-corrected chi connectivity index (χ4v) is 4.33. The molecule has 0 aliphatic heterocycles. The van der Waals surface area contributed by atoms with Gasteiger partial charge < -0.3 is 9.47 Å². The summed E-state index contributed by atoms with van der Waals surface area (Å²) in [5.41, 5.74) is 0.903. The molecule has 4 aromatic carbocycles. The molecule has 0 heterocycles. The van der Waals surface area contributed by atoms with Gasteiger partial charge in [0, 0.05) is 0 Å². The van der Waals surface area contributed by atoms with Crippen LogP contribution in [0, 0.1) is 0 Å². The maximum Gasteiger partial charge on any atom is 0.240 e. The third kappa shape index (κ3) is 5.76. The van der Waals surface area contributed by atoms with E-state index < -0.39 is 9.84 Å². The smallest absolute Gasteiger partial charge is 0.240 e. The van der Waals surface area contributed by atoms with Crippen molar-refractivity contribution in [3.8, 4) is 23.0 Å². The van der Waals surface area contributed by atoms with Crippen LogP contribution in [0.25, 0.3) is 0 Å². The molecule has 0 aliphatic carbocycles. The average Bonchev–Trinajstić information content (AvgIpc) is 2.87. The highest BCUT2D eigenvalue weighted by molar-refractivity contribution is 7.91. The minimum Gasteiger partial charge on any atom is -0.457 e. The summed E-state index contributed by atoms with van der Waals surface area (Å²) in [4.78, 5) is 27.8. The van der Waals surface area contributed by atoms with E-state index in [1.165, 1.54) is 36.4 Å². The summed E-state index contributed by atoms with van der Waals surface area (Å²) in [5, 5.41) is 0. The lowest BCUT2D eigenvalue weighted by Crippen LogP contribution is -2.01. The monoisotopic (exact) mass is 484 g/mol. The molecule has 0 saturated carbocycles. The number of ether oxygens (including phenoxy) is 2. The normalized spacial score (nSPS) is 10.5. The van der Waals surface area contributed by atoms with Crippen LogP contribution in [0.2, 0.25) is 0 Å². The quantitative estimate of drug-likeness (QED) is 0.223. The molecule has 4 aromatic rings. The minimum atomic E-state index is -3.75. The maximum absolute atomic E-state index is 13.0. The molecule has 0 amide bonds. The number of rotatable bonds is 8. The molecule has 172 valence electrons. The number of hydrogen-bond acceptors (Lipinski definition) is 8. The van der Waals surface area contributed by atoms with Crippen LogP contribution in [-0.2, 0) is 19.4 Å². The largest absolute Gasteiger partial charge is 0.457 e. The van der Waals surface area contributed by atoms with Crippen molar-refractivity contribution in [3.05, 3.63) is 97.1 Å². The fourth-order valence-electron chi connectivity index (χ4n) is 3.06. The molecule has 0 N–H and O–H groups in total. The summed E-state index contributed by atoms with van der Waals surface area (Å²) in [6.07, 6.45) is 2.93. The van der Waals surface area contributed by atoms with E-state index >= 15 is 0 Å². The molecule has 0 spiro atoms. The predicted molar refractivity (Wildman–Crippen MR) is 127 cm³/mol. The number of aliphatic imine (C=N–C) groups is 2.